The molecule has 0 aliphatic carbocycles. The molecule has 0 aliphatic rings. The summed E-state index contributed by atoms with van der Waals surface area (Å²) in [6, 6.07) is 33.0. The van der Waals surface area contributed by atoms with Crippen molar-refractivity contribution in [2.45, 2.75) is 0 Å². The Morgan fingerprint density at radius 2 is 1.02 bits per heavy atom. The van der Waals surface area contributed by atoms with Gasteiger partial charge in [-0.25, -0.2) is 9.97 Å². The first kappa shape index (κ1) is 32.8. The predicted molar refractivity (Wildman–Crippen MR) is 195 cm³/mol. The normalized spacial score (nSPS) is 11.8. The third-order valence-corrected chi connectivity index (χ3v) is 7.99. The molecule has 5 aromatic carbocycles. The van der Waals surface area contributed by atoms with Crippen molar-refractivity contribution in [3.8, 4) is 0 Å². The maximum absolute atomic E-state index is 13.2. The van der Waals surface area contributed by atoms with E-state index < -0.39 is 9.85 Å². The minimum absolute atomic E-state index is 0.103. The van der Waals surface area contributed by atoms with Gasteiger partial charge in [0.15, 0.2) is 11.6 Å². The smallest absolute Gasteiger partial charge is 0.271 e. The Balaban J connectivity index is 1.24. The molecule has 0 unspecified atom stereocenters. The van der Waals surface area contributed by atoms with Gasteiger partial charge in [0.2, 0.25) is 0 Å². The zero-order valence-electron chi connectivity index (χ0n) is 26.9. The fraction of sp³-hybridized carbons (Fsp3) is 0. The maximum Gasteiger partial charge on any atom is 0.271 e. The van der Waals surface area contributed by atoms with Crippen LogP contribution in [0.25, 0.3) is 45.6 Å². The average Bonchev–Trinajstić information content (AvgIpc) is 3.79. The molecule has 2 aromatic heterocycles. The van der Waals surface area contributed by atoms with Gasteiger partial charge < -0.3 is 20.6 Å². The molecular weight excluding hydrogens is 664 g/mol. The topological polar surface area (TPSA) is 202 Å². The number of nitrogens with one attached hydrogen (secondary N) is 4. The van der Waals surface area contributed by atoms with Crippen molar-refractivity contribution in [3.05, 3.63) is 175 Å². The molecule has 52 heavy (non-hydrogen) atoms. The van der Waals surface area contributed by atoms with Crippen molar-refractivity contribution in [2.24, 2.45) is 0 Å². The van der Waals surface area contributed by atoms with E-state index in [9.17, 15) is 29.8 Å². The van der Waals surface area contributed by atoms with Crippen LogP contribution in [0.5, 0.6) is 0 Å². The van der Waals surface area contributed by atoms with Crippen LogP contribution in [0.1, 0.15) is 43.5 Å². The summed E-state index contributed by atoms with van der Waals surface area (Å²) in [4.78, 5) is 63.5. The fourth-order valence-electron chi connectivity index (χ4n) is 5.39. The summed E-state index contributed by atoms with van der Waals surface area (Å²) in [5.74, 6) is -0.180. The number of benzene rings is 5. The van der Waals surface area contributed by atoms with Gasteiger partial charge in [-0.15, -0.1) is 0 Å². The van der Waals surface area contributed by atoms with Crippen LogP contribution in [0.2, 0.25) is 0 Å². The molecule has 0 fully saturated rings. The van der Waals surface area contributed by atoms with Gasteiger partial charge in [-0.05, 0) is 59.7 Å². The number of hydrogen-bond acceptors (Lipinski definition) is 8. The van der Waals surface area contributed by atoms with Crippen LogP contribution in [0.4, 0.5) is 11.4 Å². The van der Waals surface area contributed by atoms with Gasteiger partial charge in [-0.1, -0.05) is 60.7 Å². The van der Waals surface area contributed by atoms with Crippen LogP contribution in [0.15, 0.2) is 121 Å². The molecule has 14 nitrogen and oxygen atoms in total. The zero-order chi connectivity index (χ0) is 36.2. The lowest BCUT2D eigenvalue weighted by atomic mass is 10.1. The first-order chi connectivity index (χ1) is 25.2. The van der Waals surface area contributed by atoms with Crippen molar-refractivity contribution in [1.82, 2.24) is 30.6 Å². The molecule has 4 N–H and O–H groups in total. The highest BCUT2D eigenvalue weighted by Gasteiger charge is 2.17. The summed E-state index contributed by atoms with van der Waals surface area (Å²) in [6.45, 7) is 0. The Kier molecular flexibility index (Phi) is 8.83. The Morgan fingerprint density at radius 1 is 0.558 bits per heavy atom. The minimum Gasteiger partial charge on any atom is -0.337 e. The minimum atomic E-state index is -0.503. The van der Waals surface area contributed by atoms with E-state index in [1.165, 1.54) is 30.3 Å². The van der Waals surface area contributed by atoms with Gasteiger partial charge in [0.25, 0.3) is 23.2 Å². The van der Waals surface area contributed by atoms with E-state index in [4.69, 9.17) is 0 Å². The largest absolute Gasteiger partial charge is 0.337 e. The highest BCUT2D eigenvalue weighted by atomic mass is 16.6. The molecule has 0 saturated carbocycles. The molecule has 7 aromatic rings. The first-order valence-corrected chi connectivity index (χ1v) is 15.8. The monoisotopic (exact) mass is 690 g/mol. The van der Waals surface area contributed by atoms with Crippen molar-refractivity contribution in [2.75, 3.05) is 0 Å². The maximum atomic E-state index is 13.2. The standard InChI is InChI=1S/C38H26N8O6/c47-37(25-7-3-1-4-8-25)43-33(35-39-29-17-15-27(45(49)50)21-31(29)41-35)19-23-11-13-24(14-12-23)20-34(44-38(48)26-9-5-2-6-10-26)36-40-30-18-16-28(46(51)52)22-32(30)42-36/h1-22H,(H,39,41)(H,40,42)(H,43,47)(H,44,48)/b33-19-,34-20+. The molecule has 0 bridgehead atoms. The number of rotatable bonds is 10. The van der Waals surface area contributed by atoms with Crippen LogP contribution in [0, 0.1) is 20.2 Å². The third kappa shape index (κ3) is 7.16. The van der Waals surface area contributed by atoms with Gasteiger partial charge in [0.1, 0.15) is 0 Å². The molecule has 2 amide bonds. The Hall–Kier alpha value is -7.74. The Morgan fingerprint density at radius 3 is 1.54 bits per heavy atom. The lowest BCUT2D eigenvalue weighted by molar-refractivity contribution is -0.384. The van der Waals surface area contributed by atoms with E-state index in [-0.39, 0.29) is 23.2 Å². The zero-order valence-corrected chi connectivity index (χ0v) is 26.9. The summed E-state index contributed by atoms with van der Waals surface area (Å²) in [5, 5.41) is 28.5. The van der Waals surface area contributed by atoms with Crippen LogP contribution in [-0.2, 0) is 0 Å². The van der Waals surface area contributed by atoms with E-state index in [1.807, 2.05) is 0 Å². The van der Waals surface area contributed by atoms with Gasteiger partial charge in [0, 0.05) is 35.4 Å². The predicted octanol–water partition coefficient (Wildman–Crippen LogP) is 7.11. The van der Waals surface area contributed by atoms with Crippen LogP contribution in [0.3, 0.4) is 0 Å². The number of nitrogens with zero attached hydrogens (tertiary/aromatic N) is 4. The van der Waals surface area contributed by atoms with Gasteiger partial charge in [-0.3, -0.25) is 29.8 Å². The summed E-state index contributed by atoms with van der Waals surface area (Å²) < 4.78 is 0. The first-order valence-electron chi connectivity index (χ1n) is 15.8. The second-order valence-corrected chi connectivity index (χ2v) is 11.5. The summed E-state index contributed by atoms with van der Waals surface area (Å²) >= 11 is 0. The number of fused-ring (bicyclic) bond motifs is 2. The molecule has 7 rings (SSSR count). The van der Waals surface area contributed by atoms with Crippen molar-refractivity contribution < 1.29 is 19.4 Å². The molecule has 14 heteroatoms. The van der Waals surface area contributed by atoms with Crippen molar-refractivity contribution in [3.63, 3.8) is 0 Å². The van der Waals surface area contributed by atoms with Crippen LogP contribution >= 0.6 is 0 Å². The quantitative estimate of drug-likeness (QED) is 0.0858. The fourth-order valence-corrected chi connectivity index (χ4v) is 5.39. The Labute approximate surface area is 293 Å². The Bertz CT molecular complexity index is 2380. The second-order valence-electron chi connectivity index (χ2n) is 11.5. The molecule has 0 saturated heterocycles. The molecular formula is C38H26N8O6. The van der Waals surface area contributed by atoms with E-state index >= 15 is 0 Å². The number of aromatic nitrogens is 4. The number of amides is 2. The number of nitro groups is 2. The number of aromatic amines is 2. The summed E-state index contributed by atoms with van der Waals surface area (Å²) in [5.41, 5.74) is 4.44. The van der Waals surface area contributed by atoms with E-state index in [1.54, 1.807) is 103 Å². The molecule has 254 valence electrons. The number of nitro benzene ring substituents is 2. The molecule has 0 radical (unpaired) electrons. The van der Waals surface area contributed by atoms with Gasteiger partial charge in [-0.2, -0.15) is 0 Å². The number of imidazole rings is 2. The van der Waals surface area contributed by atoms with Gasteiger partial charge >= 0.3 is 0 Å². The SMILES string of the molecule is O=C(N/C(=C\c1ccc(/C=C(/NC(=O)c2ccccc2)c2nc3ccc([N+](=O)[O-])cc3[nH]2)cc1)c1nc2cc([N+](=O)[O-])ccc2[nH]1)c1ccccc1. The lowest BCUT2D eigenvalue weighted by Crippen LogP contribution is -2.22. The highest BCUT2D eigenvalue weighted by Crippen LogP contribution is 2.25. The summed E-state index contributed by atoms with van der Waals surface area (Å²) in [6.07, 6.45) is 3.43. The lowest BCUT2D eigenvalue weighted by Gasteiger charge is -2.10. The second kappa shape index (κ2) is 14.0. The van der Waals surface area contributed by atoms with Gasteiger partial charge in [0.05, 0.1) is 43.3 Å². The number of carbonyl (C=O) groups is 2. The van der Waals surface area contributed by atoms with Crippen molar-refractivity contribution in [1.29, 1.82) is 0 Å². The third-order valence-electron chi connectivity index (χ3n) is 7.99. The van der Waals surface area contributed by atoms with Crippen molar-refractivity contribution >= 4 is 68.8 Å². The molecule has 2 heterocycles. The van der Waals surface area contributed by atoms with Crippen LogP contribution in [-0.4, -0.2) is 41.6 Å². The number of hydrogen-bond donors (Lipinski definition) is 4. The number of non-ortho nitro benzene ring substituents is 2. The van der Waals surface area contributed by atoms with E-state index in [0.29, 0.717) is 67.4 Å². The highest BCUT2D eigenvalue weighted by molar-refractivity contribution is 6.03. The van der Waals surface area contributed by atoms with Crippen LogP contribution < -0.4 is 10.6 Å². The number of carbonyl (C=O) groups excluding carboxylic acids is 2. The summed E-state index contributed by atoms with van der Waals surface area (Å²) in [7, 11) is 0. The molecule has 0 spiro atoms. The number of H-pyrrole nitrogens is 2. The van der Waals surface area contributed by atoms with E-state index in [0.717, 1.165) is 0 Å². The molecule has 0 atom stereocenters. The average molecular weight is 691 g/mol. The van der Waals surface area contributed by atoms with E-state index in [2.05, 4.69) is 30.6 Å². The molecule has 0 aliphatic heterocycles.